The van der Waals surface area contributed by atoms with Crippen LogP contribution in [0.3, 0.4) is 0 Å². The first-order chi connectivity index (χ1) is 9.84. The minimum Gasteiger partial charge on any atom is -0.465 e. The van der Waals surface area contributed by atoms with Crippen molar-refractivity contribution in [2.75, 3.05) is 38.0 Å². The number of hydrogen-bond acceptors (Lipinski definition) is 5. The van der Waals surface area contributed by atoms with Crippen LogP contribution in [0.25, 0.3) is 0 Å². The molecular formula is C15H20N2O4. The highest BCUT2D eigenvalue weighted by Gasteiger charge is 2.46. The summed E-state index contributed by atoms with van der Waals surface area (Å²) in [7, 11) is 2.87. The van der Waals surface area contributed by atoms with Gasteiger partial charge in [0.05, 0.1) is 30.4 Å². The molecule has 2 N–H and O–H groups in total. The Morgan fingerprint density at radius 2 is 2.00 bits per heavy atom. The molecule has 1 aromatic carbocycles. The molecule has 2 rings (SSSR count). The summed E-state index contributed by atoms with van der Waals surface area (Å²) in [6.45, 7) is 4.40. The average Bonchev–Trinajstić information content (AvgIpc) is 2.64. The molecular weight excluding hydrogens is 272 g/mol. The van der Waals surface area contributed by atoms with Gasteiger partial charge in [0.2, 0.25) is 5.91 Å². The first-order valence-corrected chi connectivity index (χ1v) is 6.67. The van der Waals surface area contributed by atoms with Crippen LogP contribution in [0.2, 0.25) is 0 Å². The number of carbonyl (C=O) groups excluding carboxylic acids is 2. The van der Waals surface area contributed by atoms with Gasteiger partial charge in [0.1, 0.15) is 0 Å². The van der Waals surface area contributed by atoms with Crippen molar-refractivity contribution in [2.45, 2.75) is 19.3 Å². The van der Waals surface area contributed by atoms with Gasteiger partial charge in [-0.1, -0.05) is 0 Å². The highest BCUT2D eigenvalue weighted by molar-refractivity contribution is 6.13. The molecule has 1 heterocycles. The van der Waals surface area contributed by atoms with E-state index in [0.29, 0.717) is 30.1 Å². The molecule has 0 aromatic heterocycles. The molecule has 0 bridgehead atoms. The zero-order valence-corrected chi connectivity index (χ0v) is 12.7. The maximum Gasteiger partial charge on any atom is 0.340 e. The Morgan fingerprint density at radius 3 is 2.57 bits per heavy atom. The number of nitrogen functional groups attached to an aromatic ring is 1. The van der Waals surface area contributed by atoms with E-state index in [9.17, 15) is 9.59 Å². The van der Waals surface area contributed by atoms with Crippen LogP contribution in [0, 0.1) is 0 Å². The number of nitrogens with two attached hydrogens (primary N) is 1. The minimum absolute atomic E-state index is 0.0784. The first-order valence-electron chi connectivity index (χ1n) is 6.67. The van der Waals surface area contributed by atoms with Crippen LogP contribution < -0.4 is 10.6 Å². The van der Waals surface area contributed by atoms with E-state index in [4.69, 9.17) is 15.2 Å². The Balaban J connectivity index is 2.65. The molecule has 0 fully saturated rings. The normalized spacial score (nSPS) is 16.0. The van der Waals surface area contributed by atoms with E-state index < -0.39 is 11.4 Å². The number of nitrogens with zero attached hydrogens (tertiary/aromatic N) is 1. The van der Waals surface area contributed by atoms with Gasteiger partial charge in [-0.2, -0.15) is 0 Å². The molecule has 0 atom stereocenters. The Labute approximate surface area is 123 Å². The molecule has 0 unspecified atom stereocenters. The predicted octanol–water partition coefficient (Wildman–Crippen LogP) is 1.33. The van der Waals surface area contributed by atoms with E-state index >= 15 is 0 Å². The van der Waals surface area contributed by atoms with Gasteiger partial charge in [-0.3, -0.25) is 4.79 Å². The van der Waals surface area contributed by atoms with Crippen LogP contribution in [0.4, 0.5) is 11.4 Å². The zero-order valence-electron chi connectivity index (χ0n) is 12.7. The van der Waals surface area contributed by atoms with E-state index in [-0.39, 0.29) is 5.91 Å². The largest absolute Gasteiger partial charge is 0.465 e. The number of carbonyl (C=O) groups is 2. The van der Waals surface area contributed by atoms with Crippen molar-refractivity contribution in [3.05, 3.63) is 23.3 Å². The van der Waals surface area contributed by atoms with E-state index in [1.807, 2.05) is 13.8 Å². The molecule has 6 heteroatoms. The summed E-state index contributed by atoms with van der Waals surface area (Å²) in [5.41, 5.74) is 7.19. The topological polar surface area (TPSA) is 81.9 Å². The molecule has 6 nitrogen and oxygen atoms in total. The van der Waals surface area contributed by atoms with E-state index in [1.54, 1.807) is 24.1 Å². The molecule has 1 aromatic rings. The fraction of sp³-hybridized carbons (Fsp3) is 0.467. The lowest BCUT2D eigenvalue weighted by Gasteiger charge is -2.20. The highest BCUT2D eigenvalue weighted by atomic mass is 16.5. The highest BCUT2D eigenvalue weighted by Crippen LogP contribution is 2.44. The van der Waals surface area contributed by atoms with E-state index in [2.05, 4.69) is 0 Å². The third-order valence-electron chi connectivity index (χ3n) is 3.78. The second-order valence-electron chi connectivity index (χ2n) is 5.53. The van der Waals surface area contributed by atoms with Gasteiger partial charge in [-0.25, -0.2) is 4.79 Å². The average molecular weight is 292 g/mol. The number of amides is 1. The molecule has 21 heavy (non-hydrogen) atoms. The smallest absolute Gasteiger partial charge is 0.340 e. The number of hydrogen-bond donors (Lipinski definition) is 1. The summed E-state index contributed by atoms with van der Waals surface area (Å²) in [5, 5.41) is 0. The van der Waals surface area contributed by atoms with E-state index in [0.717, 1.165) is 5.56 Å². The second kappa shape index (κ2) is 5.37. The van der Waals surface area contributed by atoms with Gasteiger partial charge in [0.15, 0.2) is 0 Å². The summed E-state index contributed by atoms with van der Waals surface area (Å²) in [6, 6.07) is 3.28. The summed E-state index contributed by atoms with van der Waals surface area (Å²) in [6.07, 6.45) is 0. The van der Waals surface area contributed by atoms with Gasteiger partial charge < -0.3 is 20.1 Å². The predicted molar refractivity (Wildman–Crippen MR) is 79.4 cm³/mol. The van der Waals surface area contributed by atoms with Gasteiger partial charge in [-0.05, 0) is 31.5 Å². The Hall–Kier alpha value is -2.08. The number of anilines is 2. The van der Waals surface area contributed by atoms with Crippen LogP contribution in [-0.2, 0) is 19.7 Å². The van der Waals surface area contributed by atoms with Crippen LogP contribution in [0.15, 0.2) is 12.1 Å². The summed E-state index contributed by atoms with van der Waals surface area (Å²) in [4.78, 5) is 26.2. The number of methoxy groups -OCH3 is 2. The monoisotopic (exact) mass is 292 g/mol. The number of fused-ring (bicyclic) bond motifs is 1. The van der Waals surface area contributed by atoms with Crippen molar-refractivity contribution in [3.8, 4) is 0 Å². The summed E-state index contributed by atoms with van der Waals surface area (Å²) in [5.74, 6) is -0.586. The minimum atomic E-state index is -0.735. The SMILES string of the molecule is COCCN1C(=O)C(C)(C)c2cc(N)cc(C(=O)OC)c21. The van der Waals surface area contributed by atoms with Crippen LogP contribution in [0.5, 0.6) is 0 Å². The molecule has 1 aliphatic heterocycles. The summed E-state index contributed by atoms with van der Waals surface area (Å²) < 4.78 is 9.86. The lowest BCUT2D eigenvalue weighted by molar-refractivity contribution is -0.122. The Bertz CT molecular complexity index is 596. The third-order valence-corrected chi connectivity index (χ3v) is 3.78. The first kappa shape index (κ1) is 15.3. The van der Waals surface area contributed by atoms with Crippen molar-refractivity contribution in [1.29, 1.82) is 0 Å². The molecule has 0 aliphatic carbocycles. The lowest BCUT2D eigenvalue weighted by Crippen LogP contribution is -2.38. The quantitative estimate of drug-likeness (QED) is 0.668. The number of rotatable bonds is 4. The zero-order chi connectivity index (χ0) is 15.8. The van der Waals surface area contributed by atoms with Crippen molar-refractivity contribution in [2.24, 2.45) is 0 Å². The maximum absolute atomic E-state index is 12.6. The Morgan fingerprint density at radius 1 is 1.33 bits per heavy atom. The van der Waals surface area contributed by atoms with Crippen LogP contribution in [-0.4, -0.2) is 39.2 Å². The lowest BCUT2D eigenvalue weighted by atomic mass is 9.85. The molecule has 114 valence electrons. The van der Waals surface area contributed by atoms with Gasteiger partial charge in [0.25, 0.3) is 0 Å². The standard InChI is InChI=1S/C15H20N2O4/c1-15(2)11-8-9(16)7-10(13(18)21-4)12(11)17(14(15)19)5-6-20-3/h7-8H,5-6,16H2,1-4H3. The number of ether oxygens (including phenoxy) is 2. The second-order valence-corrected chi connectivity index (χ2v) is 5.53. The fourth-order valence-electron chi connectivity index (χ4n) is 2.64. The molecule has 0 spiro atoms. The van der Waals surface area contributed by atoms with Crippen molar-refractivity contribution in [1.82, 2.24) is 0 Å². The maximum atomic E-state index is 12.6. The molecule has 0 saturated heterocycles. The molecule has 1 aliphatic rings. The van der Waals surface area contributed by atoms with Gasteiger partial charge in [0, 0.05) is 19.3 Å². The van der Waals surface area contributed by atoms with Gasteiger partial charge >= 0.3 is 5.97 Å². The number of esters is 1. The Kier molecular flexibility index (Phi) is 3.91. The molecule has 1 amide bonds. The molecule has 0 saturated carbocycles. The summed E-state index contributed by atoms with van der Waals surface area (Å²) >= 11 is 0. The van der Waals surface area contributed by atoms with Crippen molar-refractivity contribution >= 4 is 23.3 Å². The van der Waals surface area contributed by atoms with Crippen molar-refractivity contribution in [3.63, 3.8) is 0 Å². The van der Waals surface area contributed by atoms with Gasteiger partial charge in [-0.15, -0.1) is 0 Å². The van der Waals surface area contributed by atoms with Crippen LogP contribution >= 0.6 is 0 Å². The number of benzene rings is 1. The molecule has 0 radical (unpaired) electrons. The third kappa shape index (κ3) is 2.35. The van der Waals surface area contributed by atoms with E-state index in [1.165, 1.54) is 7.11 Å². The van der Waals surface area contributed by atoms with Crippen LogP contribution in [0.1, 0.15) is 29.8 Å². The van der Waals surface area contributed by atoms with Crippen molar-refractivity contribution < 1.29 is 19.1 Å². The fourth-order valence-corrected chi connectivity index (χ4v) is 2.64.